The topological polar surface area (TPSA) is 75.9 Å². The molecule has 23 heavy (non-hydrogen) atoms. The van der Waals surface area contributed by atoms with E-state index in [0.29, 0.717) is 10.7 Å². The third kappa shape index (κ3) is 3.32. The summed E-state index contributed by atoms with van der Waals surface area (Å²) in [5.74, 6) is 0. The van der Waals surface area contributed by atoms with E-state index in [1.165, 1.54) is 16.0 Å². The first-order valence-corrected chi connectivity index (χ1v) is 8.63. The van der Waals surface area contributed by atoms with Crippen LogP contribution in [-0.2, 0) is 6.42 Å². The number of halogens is 1. The predicted molar refractivity (Wildman–Crippen MR) is 95.4 cm³/mol. The van der Waals surface area contributed by atoms with Crippen LogP contribution >= 0.6 is 27.3 Å². The van der Waals surface area contributed by atoms with Gasteiger partial charge in [-0.1, -0.05) is 34.2 Å². The fraction of sp³-hybridized carbons (Fsp3) is 0.200. The Kier molecular flexibility index (Phi) is 4.53. The second-order valence-electron chi connectivity index (χ2n) is 4.86. The Morgan fingerprint density at radius 3 is 2.74 bits per heavy atom. The van der Waals surface area contributed by atoms with Crippen LogP contribution in [0, 0.1) is 6.92 Å². The number of nitrogens with one attached hydrogen (secondary N) is 1. The average molecular weight is 392 g/mol. The zero-order valence-corrected chi connectivity index (χ0v) is 15.0. The number of H-pyrrole nitrogens is 1. The van der Waals surface area contributed by atoms with Gasteiger partial charge in [-0.25, -0.2) is 9.67 Å². The molecule has 0 aliphatic carbocycles. The van der Waals surface area contributed by atoms with Gasteiger partial charge < -0.3 is 0 Å². The molecule has 3 aromatic rings. The molecule has 1 N–H and O–H groups in total. The van der Waals surface area contributed by atoms with Crippen LogP contribution in [0.4, 0.5) is 5.13 Å². The maximum Gasteiger partial charge on any atom is 0.280 e. The summed E-state index contributed by atoms with van der Waals surface area (Å²) in [6.45, 7) is 3.86. The lowest BCUT2D eigenvalue weighted by atomic mass is 10.3. The summed E-state index contributed by atoms with van der Waals surface area (Å²) >= 11 is 4.81. The van der Waals surface area contributed by atoms with E-state index in [2.05, 4.69) is 36.2 Å². The summed E-state index contributed by atoms with van der Waals surface area (Å²) in [5, 5.41) is 12.5. The summed E-state index contributed by atoms with van der Waals surface area (Å²) in [4.78, 5) is 16.8. The fourth-order valence-electron chi connectivity index (χ4n) is 2.04. The molecule has 0 saturated carbocycles. The molecule has 0 aliphatic heterocycles. The monoisotopic (exact) mass is 391 g/mol. The van der Waals surface area contributed by atoms with Gasteiger partial charge in [0.15, 0.2) is 0 Å². The van der Waals surface area contributed by atoms with Crippen molar-refractivity contribution in [3.63, 3.8) is 0 Å². The van der Waals surface area contributed by atoms with Gasteiger partial charge in [0.2, 0.25) is 5.13 Å². The SMILES string of the molecule is CCc1nnc(N=Cc2c(C)[nH]n(-c3ccc(Br)cc3)c2=O)s1. The molecule has 0 radical (unpaired) electrons. The van der Waals surface area contributed by atoms with Crippen molar-refractivity contribution in [3.05, 3.63) is 55.4 Å². The summed E-state index contributed by atoms with van der Waals surface area (Å²) < 4.78 is 2.46. The third-order valence-electron chi connectivity index (χ3n) is 3.26. The van der Waals surface area contributed by atoms with Crippen LogP contribution in [0.15, 0.2) is 38.5 Å². The maximum atomic E-state index is 12.6. The Labute approximate surface area is 145 Å². The van der Waals surface area contributed by atoms with Crippen molar-refractivity contribution in [1.82, 2.24) is 20.0 Å². The van der Waals surface area contributed by atoms with Crippen LogP contribution in [-0.4, -0.2) is 26.2 Å². The molecule has 0 saturated heterocycles. The summed E-state index contributed by atoms with van der Waals surface area (Å²) in [7, 11) is 0. The van der Waals surface area contributed by atoms with Crippen molar-refractivity contribution >= 4 is 38.6 Å². The highest BCUT2D eigenvalue weighted by Gasteiger charge is 2.11. The van der Waals surface area contributed by atoms with Gasteiger partial charge in [-0.15, -0.1) is 10.2 Å². The smallest absolute Gasteiger partial charge is 0.280 e. The number of aromatic amines is 1. The van der Waals surface area contributed by atoms with Crippen molar-refractivity contribution < 1.29 is 0 Å². The first-order valence-electron chi connectivity index (χ1n) is 7.02. The molecule has 6 nitrogen and oxygen atoms in total. The second-order valence-corrected chi connectivity index (χ2v) is 6.81. The number of rotatable bonds is 4. The summed E-state index contributed by atoms with van der Waals surface area (Å²) in [6, 6.07) is 7.50. The Balaban J connectivity index is 1.94. The van der Waals surface area contributed by atoms with Crippen molar-refractivity contribution in [2.24, 2.45) is 4.99 Å². The molecule has 0 bridgehead atoms. The number of aliphatic imine (C=N–C) groups is 1. The molecule has 2 heterocycles. The van der Waals surface area contributed by atoms with E-state index in [-0.39, 0.29) is 5.56 Å². The molecule has 0 unspecified atom stereocenters. The van der Waals surface area contributed by atoms with Gasteiger partial charge in [-0.05, 0) is 37.6 Å². The molecule has 8 heteroatoms. The van der Waals surface area contributed by atoms with E-state index in [1.54, 1.807) is 6.21 Å². The standard InChI is InChI=1S/C15H14BrN5OS/c1-3-13-18-19-15(23-13)17-8-12-9(2)20-21(14(12)22)11-6-4-10(16)5-7-11/h4-8,20H,3H2,1-2H3. The molecule has 3 rings (SSSR count). The van der Waals surface area contributed by atoms with Crippen LogP contribution in [0.2, 0.25) is 0 Å². The zero-order valence-electron chi connectivity index (χ0n) is 12.6. The van der Waals surface area contributed by atoms with Crippen LogP contribution in [0.25, 0.3) is 5.69 Å². The van der Waals surface area contributed by atoms with Gasteiger partial charge in [0.1, 0.15) is 5.01 Å². The first kappa shape index (κ1) is 15.8. The third-order valence-corrected chi connectivity index (χ3v) is 4.77. The van der Waals surface area contributed by atoms with Gasteiger partial charge in [0.05, 0.1) is 11.3 Å². The molecule has 0 spiro atoms. The summed E-state index contributed by atoms with van der Waals surface area (Å²) in [5.41, 5.74) is 1.89. The van der Waals surface area contributed by atoms with Gasteiger partial charge in [-0.3, -0.25) is 9.89 Å². The largest absolute Gasteiger partial charge is 0.295 e. The molecular weight excluding hydrogens is 378 g/mol. The van der Waals surface area contributed by atoms with Crippen LogP contribution < -0.4 is 5.56 Å². The Bertz CT molecular complexity index is 907. The van der Waals surface area contributed by atoms with Gasteiger partial charge in [-0.2, -0.15) is 0 Å². The minimum Gasteiger partial charge on any atom is -0.295 e. The number of benzene rings is 1. The van der Waals surface area contributed by atoms with E-state index in [0.717, 1.165) is 27.3 Å². The van der Waals surface area contributed by atoms with Crippen molar-refractivity contribution in [1.29, 1.82) is 0 Å². The lowest BCUT2D eigenvalue weighted by molar-refractivity contribution is 0.835. The minimum absolute atomic E-state index is 0.145. The van der Waals surface area contributed by atoms with Gasteiger partial charge in [0, 0.05) is 16.4 Å². The van der Waals surface area contributed by atoms with Crippen molar-refractivity contribution in [3.8, 4) is 5.69 Å². The van der Waals surface area contributed by atoms with E-state index in [9.17, 15) is 4.79 Å². The maximum absolute atomic E-state index is 12.6. The van der Waals surface area contributed by atoms with E-state index in [4.69, 9.17) is 0 Å². The molecule has 0 aliphatic rings. The minimum atomic E-state index is -0.145. The predicted octanol–water partition coefficient (Wildman–Crippen LogP) is 3.40. The number of hydrogen-bond donors (Lipinski definition) is 1. The zero-order chi connectivity index (χ0) is 16.4. The highest BCUT2D eigenvalue weighted by Crippen LogP contribution is 2.18. The number of aromatic nitrogens is 4. The Morgan fingerprint density at radius 2 is 2.09 bits per heavy atom. The molecule has 1 aromatic carbocycles. The number of aryl methyl sites for hydroxylation is 2. The Morgan fingerprint density at radius 1 is 1.35 bits per heavy atom. The van der Waals surface area contributed by atoms with Gasteiger partial charge >= 0.3 is 0 Å². The highest BCUT2D eigenvalue weighted by molar-refractivity contribution is 9.10. The highest BCUT2D eigenvalue weighted by atomic mass is 79.9. The Hall–Kier alpha value is -2.06. The number of hydrogen-bond acceptors (Lipinski definition) is 5. The molecule has 0 atom stereocenters. The van der Waals surface area contributed by atoms with Crippen LogP contribution in [0.1, 0.15) is 23.2 Å². The molecular formula is C15H14BrN5OS. The average Bonchev–Trinajstić information content (AvgIpc) is 3.11. The molecule has 0 fully saturated rings. The van der Waals surface area contributed by atoms with Gasteiger partial charge in [0.25, 0.3) is 5.56 Å². The van der Waals surface area contributed by atoms with Crippen LogP contribution in [0.5, 0.6) is 0 Å². The normalized spacial score (nSPS) is 11.4. The molecule has 118 valence electrons. The first-order chi connectivity index (χ1) is 11.1. The van der Waals surface area contributed by atoms with Crippen LogP contribution in [0.3, 0.4) is 0 Å². The quantitative estimate of drug-likeness (QED) is 0.692. The van der Waals surface area contributed by atoms with E-state index in [1.807, 2.05) is 38.1 Å². The summed E-state index contributed by atoms with van der Waals surface area (Å²) in [6.07, 6.45) is 2.37. The van der Waals surface area contributed by atoms with E-state index >= 15 is 0 Å². The second kappa shape index (κ2) is 6.59. The fourth-order valence-corrected chi connectivity index (χ4v) is 2.93. The molecule has 2 aromatic heterocycles. The lowest BCUT2D eigenvalue weighted by Gasteiger charge is -2.00. The van der Waals surface area contributed by atoms with E-state index < -0.39 is 0 Å². The van der Waals surface area contributed by atoms with Crippen molar-refractivity contribution in [2.75, 3.05) is 0 Å². The lowest BCUT2D eigenvalue weighted by Crippen LogP contribution is -2.17. The molecule has 0 amide bonds. The number of nitrogens with zero attached hydrogens (tertiary/aromatic N) is 4. The van der Waals surface area contributed by atoms with Crippen molar-refractivity contribution in [2.45, 2.75) is 20.3 Å².